The zero-order valence-electron chi connectivity index (χ0n) is 12.3. The highest BCUT2D eigenvalue weighted by molar-refractivity contribution is 5.87. The van der Waals surface area contributed by atoms with Gasteiger partial charge in [-0.15, -0.1) is 0 Å². The molecular formula is C15H16O9. The van der Waals surface area contributed by atoms with E-state index in [1.165, 1.54) is 24.3 Å². The normalized spacial score (nSPS) is 24.8. The van der Waals surface area contributed by atoms with E-state index in [4.69, 9.17) is 9.84 Å². The molecule has 1 aliphatic heterocycles. The number of aliphatic hydroxyl groups is 3. The third kappa shape index (κ3) is 4.02. The van der Waals surface area contributed by atoms with Crippen LogP contribution in [0.1, 0.15) is 5.56 Å². The number of rotatable bonds is 5. The number of carbonyl (C=O) groups excluding carboxylic acids is 2. The lowest BCUT2D eigenvalue weighted by Crippen LogP contribution is -2.41. The largest absolute Gasteiger partial charge is 0.504 e. The van der Waals surface area contributed by atoms with Crippen LogP contribution in [-0.4, -0.2) is 68.5 Å². The van der Waals surface area contributed by atoms with Crippen molar-refractivity contribution in [3.05, 3.63) is 29.8 Å². The van der Waals surface area contributed by atoms with E-state index in [-0.39, 0.29) is 11.5 Å². The molecule has 0 radical (unpaired) electrons. The summed E-state index contributed by atoms with van der Waals surface area (Å²) >= 11 is 0. The molecule has 9 heteroatoms. The molecule has 1 aromatic carbocycles. The molecule has 5 N–H and O–H groups in total. The van der Waals surface area contributed by atoms with E-state index < -0.39 is 43.0 Å². The Hall–Kier alpha value is -2.62. The molecule has 1 heterocycles. The Bertz CT molecular complexity index is 654. The quantitative estimate of drug-likeness (QED) is 0.249. The van der Waals surface area contributed by atoms with E-state index >= 15 is 0 Å². The number of aliphatic hydroxyl groups excluding tert-OH is 3. The Morgan fingerprint density at radius 3 is 2.58 bits per heavy atom. The van der Waals surface area contributed by atoms with E-state index in [2.05, 4.69) is 4.74 Å². The maximum Gasteiger partial charge on any atom is 0.338 e. The average molecular weight is 340 g/mol. The minimum atomic E-state index is -1.75. The molecular weight excluding hydrogens is 324 g/mol. The molecule has 2 rings (SSSR count). The molecule has 4 atom stereocenters. The molecule has 1 aromatic rings. The van der Waals surface area contributed by atoms with Crippen LogP contribution in [-0.2, 0) is 19.1 Å². The summed E-state index contributed by atoms with van der Waals surface area (Å²) in [5.41, 5.74) is 0.422. The molecule has 1 aliphatic rings. The van der Waals surface area contributed by atoms with Gasteiger partial charge in [-0.2, -0.15) is 0 Å². The van der Waals surface area contributed by atoms with Gasteiger partial charge in [-0.05, 0) is 23.8 Å². The number of benzene rings is 1. The number of aromatic hydroxyl groups is 2. The highest BCUT2D eigenvalue weighted by atomic mass is 16.6. The number of hydrogen-bond donors (Lipinski definition) is 5. The first-order valence-corrected chi connectivity index (χ1v) is 6.91. The minimum absolute atomic E-state index is 0.301. The van der Waals surface area contributed by atoms with E-state index in [1.807, 2.05) is 0 Å². The zero-order valence-corrected chi connectivity index (χ0v) is 12.3. The van der Waals surface area contributed by atoms with E-state index in [9.17, 15) is 30.0 Å². The number of cyclic esters (lactones) is 1. The van der Waals surface area contributed by atoms with E-state index in [1.54, 1.807) is 0 Å². The summed E-state index contributed by atoms with van der Waals surface area (Å²) in [5, 5.41) is 47.0. The van der Waals surface area contributed by atoms with E-state index in [0.29, 0.717) is 5.56 Å². The molecule has 0 aromatic heterocycles. The van der Waals surface area contributed by atoms with Gasteiger partial charge in [0.25, 0.3) is 0 Å². The highest BCUT2D eigenvalue weighted by Crippen LogP contribution is 2.25. The van der Waals surface area contributed by atoms with Gasteiger partial charge in [0.1, 0.15) is 18.8 Å². The minimum Gasteiger partial charge on any atom is -0.504 e. The van der Waals surface area contributed by atoms with Crippen molar-refractivity contribution in [1.82, 2.24) is 0 Å². The molecule has 1 unspecified atom stereocenters. The third-order valence-corrected chi connectivity index (χ3v) is 3.34. The Balaban J connectivity index is 1.85. The van der Waals surface area contributed by atoms with Crippen molar-refractivity contribution >= 4 is 18.0 Å². The molecule has 9 nitrogen and oxygen atoms in total. The van der Waals surface area contributed by atoms with Gasteiger partial charge in [0, 0.05) is 6.08 Å². The first-order chi connectivity index (χ1) is 11.3. The predicted octanol–water partition coefficient (Wildman–Crippen LogP) is -1.34. The maximum absolute atomic E-state index is 11.5. The van der Waals surface area contributed by atoms with Crippen LogP contribution in [0.5, 0.6) is 11.5 Å². The first kappa shape index (κ1) is 17.7. The van der Waals surface area contributed by atoms with Crippen LogP contribution in [0.15, 0.2) is 24.3 Å². The SMILES string of the molecule is O=C(/C=C/c1ccc(O)c(O)c1)OC[C@@H](O)C1OC(=O)[C@H](O)[C@H]1O. The Kier molecular flexibility index (Phi) is 5.39. The molecule has 24 heavy (non-hydrogen) atoms. The molecule has 1 fully saturated rings. The fraction of sp³-hybridized carbons (Fsp3) is 0.333. The van der Waals surface area contributed by atoms with Gasteiger partial charge in [-0.25, -0.2) is 9.59 Å². The van der Waals surface area contributed by atoms with Gasteiger partial charge in [-0.1, -0.05) is 6.07 Å². The van der Waals surface area contributed by atoms with Crippen molar-refractivity contribution in [2.75, 3.05) is 6.61 Å². The van der Waals surface area contributed by atoms with Gasteiger partial charge in [0.05, 0.1) is 0 Å². The summed E-state index contributed by atoms with van der Waals surface area (Å²) in [6.07, 6.45) is -3.93. The van der Waals surface area contributed by atoms with Crippen molar-refractivity contribution in [3.8, 4) is 11.5 Å². The Morgan fingerprint density at radius 1 is 1.29 bits per heavy atom. The fourth-order valence-electron chi connectivity index (χ4n) is 2.02. The lowest BCUT2D eigenvalue weighted by molar-refractivity contribution is -0.154. The zero-order chi connectivity index (χ0) is 17.9. The van der Waals surface area contributed by atoms with Crippen molar-refractivity contribution < 1.29 is 44.6 Å². The number of hydrogen-bond acceptors (Lipinski definition) is 9. The van der Waals surface area contributed by atoms with Gasteiger partial charge >= 0.3 is 11.9 Å². The van der Waals surface area contributed by atoms with Crippen LogP contribution < -0.4 is 0 Å². The van der Waals surface area contributed by atoms with Gasteiger partial charge in [0.2, 0.25) is 0 Å². The summed E-state index contributed by atoms with van der Waals surface area (Å²) < 4.78 is 9.32. The van der Waals surface area contributed by atoms with Crippen LogP contribution in [0.2, 0.25) is 0 Å². The molecule has 0 aliphatic carbocycles. The number of ether oxygens (including phenoxy) is 2. The number of esters is 2. The number of phenols is 2. The van der Waals surface area contributed by atoms with Crippen molar-refractivity contribution in [1.29, 1.82) is 0 Å². The van der Waals surface area contributed by atoms with Crippen LogP contribution in [0.4, 0.5) is 0 Å². The van der Waals surface area contributed by atoms with Crippen molar-refractivity contribution in [3.63, 3.8) is 0 Å². The molecule has 0 bridgehead atoms. The topological polar surface area (TPSA) is 154 Å². The smallest absolute Gasteiger partial charge is 0.338 e. The Labute approximate surface area is 136 Å². The van der Waals surface area contributed by atoms with Crippen LogP contribution in [0.3, 0.4) is 0 Å². The lowest BCUT2D eigenvalue weighted by Gasteiger charge is -2.19. The van der Waals surface area contributed by atoms with Crippen LogP contribution in [0.25, 0.3) is 6.08 Å². The summed E-state index contributed by atoms with van der Waals surface area (Å²) in [4.78, 5) is 22.6. The maximum atomic E-state index is 11.5. The molecule has 0 amide bonds. The second kappa shape index (κ2) is 7.30. The number of phenolic OH excluding ortho intramolecular Hbond substituents is 2. The average Bonchev–Trinajstić information content (AvgIpc) is 2.81. The van der Waals surface area contributed by atoms with Crippen LogP contribution >= 0.6 is 0 Å². The number of carbonyl (C=O) groups is 2. The molecule has 0 saturated carbocycles. The standard InChI is InChI=1S/C15H16O9/c16-8-3-1-7(5-9(8)17)2-4-11(19)23-6-10(18)14-12(20)13(21)15(22)24-14/h1-5,10,12-14,16-18,20-21H,6H2/b4-2+/t10-,12-,13-,14?/m1/s1. The van der Waals surface area contributed by atoms with Crippen molar-refractivity contribution in [2.24, 2.45) is 0 Å². The van der Waals surface area contributed by atoms with E-state index in [0.717, 1.165) is 6.08 Å². The highest BCUT2D eigenvalue weighted by Gasteiger charge is 2.46. The first-order valence-electron chi connectivity index (χ1n) is 6.91. The predicted molar refractivity (Wildman–Crippen MR) is 77.7 cm³/mol. The summed E-state index contributed by atoms with van der Waals surface area (Å²) in [5.74, 6) is -2.55. The van der Waals surface area contributed by atoms with Crippen molar-refractivity contribution in [2.45, 2.75) is 24.4 Å². The summed E-state index contributed by atoms with van der Waals surface area (Å²) in [6, 6.07) is 3.92. The van der Waals surface area contributed by atoms with Gasteiger partial charge in [-0.3, -0.25) is 0 Å². The van der Waals surface area contributed by atoms with Gasteiger partial charge < -0.3 is 35.0 Å². The monoisotopic (exact) mass is 340 g/mol. The molecule has 0 spiro atoms. The van der Waals surface area contributed by atoms with Gasteiger partial charge in [0.15, 0.2) is 23.7 Å². The fourth-order valence-corrected chi connectivity index (χ4v) is 2.02. The molecule has 130 valence electrons. The lowest BCUT2D eigenvalue weighted by atomic mass is 10.1. The second-order valence-corrected chi connectivity index (χ2v) is 5.12. The second-order valence-electron chi connectivity index (χ2n) is 5.12. The molecule has 1 saturated heterocycles. The Morgan fingerprint density at radius 2 is 2.00 bits per heavy atom. The van der Waals surface area contributed by atoms with Crippen LogP contribution in [0, 0.1) is 0 Å². The summed E-state index contributed by atoms with van der Waals surface area (Å²) in [6.45, 7) is -0.564. The third-order valence-electron chi connectivity index (χ3n) is 3.34. The summed E-state index contributed by atoms with van der Waals surface area (Å²) in [7, 11) is 0.